The third-order valence-electron chi connectivity index (χ3n) is 3.31. The zero-order valence-corrected chi connectivity index (χ0v) is 13.6. The Bertz CT molecular complexity index is 801. The number of hydrogen-bond acceptors (Lipinski definition) is 6. The van der Waals surface area contributed by atoms with Crippen LogP contribution in [-0.4, -0.2) is 30.3 Å². The molecule has 0 bridgehead atoms. The van der Waals surface area contributed by atoms with Gasteiger partial charge in [0.05, 0.1) is 18.1 Å². The monoisotopic (exact) mass is 344 g/mol. The maximum absolute atomic E-state index is 11.9. The molecule has 25 heavy (non-hydrogen) atoms. The van der Waals surface area contributed by atoms with Crippen LogP contribution in [-0.2, 0) is 4.79 Å². The molecule has 0 saturated heterocycles. The van der Waals surface area contributed by atoms with Crippen LogP contribution in [0, 0.1) is 10.1 Å². The molecule has 2 aromatic carbocycles. The normalized spacial score (nSPS) is 10.0. The van der Waals surface area contributed by atoms with E-state index in [2.05, 4.69) is 5.32 Å². The van der Waals surface area contributed by atoms with Crippen LogP contribution in [0.3, 0.4) is 0 Å². The maximum atomic E-state index is 11.9. The minimum atomic E-state index is -0.612. The summed E-state index contributed by atoms with van der Waals surface area (Å²) in [5.74, 6) is 0.0934. The van der Waals surface area contributed by atoms with Gasteiger partial charge in [-0.25, -0.2) is 0 Å². The molecule has 0 unspecified atom stereocenters. The molecule has 0 spiro atoms. The lowest BCUT2D eigenvalue weighted by Gasteiger charge is -2.09. The maximum Gasteiger partial charge on any atom is 0.296 e. The van der Waals surface area contributed by atoms with E-state index in [4.69, 9.17) is 9.47 Å². The van der Waals surface area contributed by atoms with Gasteiger partial charge in [-0.1, -0.05) is 0 Å². The van der Waals surface area contributed by atoms with Crippen molar-refractivity contribution >= 4 is 23.1 Å². The smallest absolute Gasteiger partial charge is 0.296 e. The number of hydrogen-bond donors (Lipinski definition) is 1. The number of rotatable bonds is 7. The fourth-order valence-corrected chi connectivity index (χ4v) is 2.02. The Morgan fingerprint density at radius 2 is 1.76 bits per heavy atom. The molecule has 0 heterocycles. The van der Waals surface area contributed by atoms with E-state index >= 15 is 0 Å². The molecule has 0 fully saturated rings. The lowest BCUT2D eigenvalue weighted by Crippen LogP contribution is -2.20. The predicted molar refractivity (Wildman–Crippen MR) is 90.2 cm³/mol. The molecule has 8 heteroatoms. The number of benzene rings is 2. The van der Waals surface area contributed by atoms with Crippen molar-refractivity contribution in [3.05, 3.63) is 58.1 Å². The van der Waals surface area contributed by atoms with Crippen molar-refractivity contribution in [1.82, 2.24) is 0 Å². The van der Waals surface area contributed by atoms with Gasteiger partial charge in [-0.3, -0.25) is 19.7 Å². The molecule has 1 amide bonds. The molecule has 0 aliphatic rings. The number of nitrogens with one attached hydrogen (secondary N) is 1. The fraction of sp³-hybridized carbons (Fsp3) is 0.176. The summed E-state index contributed by atoms with van der Waals surface area (Å²) < 4.78 is 10.2. The largest absolute Gasteiger partial charge is 0.496 e. The van der Waals surface area contributed by atoms with Crippen LogP contribution in [0.15, 0.2) is 42.5 Å². The van der Waals surface area contributed by atoms with Crippen molar-refractivity contribution in [2.45, 2.75) is 6.92 Å². The van der Waals surface area contributed by atoms with Crippen LogP contribution in [0.25, 0.3) is 0 Å². The summed E-state index contributed by atoms with van der Waals surface area (Å²) >= 11 is 0. The summed E-state index contributed by atoms with van der Waals surface area (Å²) in [6.45, 7) is 1.12. The highest BCUT2D eigenvalue weighted by molar-refractivity contribution is 5.95. The molecule has 0 aromatic heterocycles. The Labute approximate surface area is 143 Å². The Morgan fingerprint density at radius 3 is 2.32 bits per heavy atom. The molecule has 8 nitrogen and oxygen atoms in total. The molecule has 0 atom stereocenters. The number of methoxy groups -OCH3 is 1. The van der Waals surface area contributed by atoms with Crippen molar-refractivity contribution in [2.24, 2.45) is 0 Å². The lowest BCUT2D eigenvalue weighted by molar-refractivity contribution is -0.384. The standard InChI is InChI=1S/C17H16N2O6/c1-11(20)12-3-5-13(6-4-12)25-10-17(21)18-15-8-7-14(24-2)9-16(15)19(22)23/h3-9H,10H2,1-2H3,(H,18,21). The SMILES string of the molecule is COc1ccc(NC(=O)COc2ccc(C(C)=O)cc2)c([N+](=O)[O-])c1. The number of nitro benzene ring substituents is 1. The van der Waals surface area contributed by atoms with Crippen LogP contribution < -0.4 is 14.8 Å². The Kier molecular flexibility index (Phi) is 5.67. The van der Waals surface area contributed by atoms with E-state index < -0.39 is 10.8 Å². The predicted octanol–water partition coefficient (Wildman–Crippen LogP) is 2.82. The van der Waals surface area contributed by atoms with Crippen molar-refractivity contribution in [3.8, 4) is 11.5 Å². The van der Waals surface area contributed by atoms with Gasteiger partial charge in [0.1, 0.15) is 17.2 Å². The van der Waals surface area contributed by atoms with E-state index in [1.165, 1.54) is 32.2 Å². The second kappa shape index (κ2) is 7.91. The Morgan fingerprint density at radius 1 is 1.12 bits per heavy atom. The molecule has 130 valence electrons. The number of carbonyl (C=O) groups is 2. The molecular formula is C17H16N2O6. The van der Waals surface area contributed by atoms with Crippen molar-refractivity contribution < 1.29 is 24.0 Å². The minimum Gasteiger partial charge on any atom is -0.496 e. The molecular weight excluding hydrogens is 328 g/mol. The van der Waals surface area contributed by atoms with Crippen molar-refractivity contribution in [2.75, 3.05) is 19.0 Å². The number of ketones is 1. The van der Waals surface area contributed by atoms with Gasteiger partial charge in [0.25, 0.3) is 11.6 Å². The average Bonchev–Trinajstić information content (AvgIpc) is 2.60. The first-order chi connectivity index (χ1) is 11.9. The molecule has 0 aliphatic carbocycles. The lowest BCUT2D eigenvalue weighted by atomic mass is 10.1. The Balaban J connectivity index is 2.00. The number of amides is 1. The first-order valence-electron chi connectivity index (χ1n) is 7.27. The van der Waals surface area contributed by atoms with Gasteiger partial charge in [-0.05, 0) is 43.3 Å². The van der Waals surface area contributed by atoms with Gasteiger partial charge in [-0.15, -0.1) is 0 Å². The average molecular weight is 344 g/mol. The van der Waals surface area contributed by atoms with Crippen LogP contribution in [0.5, 0.6) is 11.5 Å². The molecule has 1 N–H and O–H groups in total. The summed E-state index contributed by atoms with van der Waals surface area (Å²) in [5.41, 5.74) is 0.301. The van der Waals surface area contributed by atoms with Gasteiger partial charge in [-0.2, -0.15) is 0 Å². The Hall–Kier alpha value is -3.42. The fourth-order valence-electron chi connectivity index (χ4n) is 2.02. The zero-order chi connectivity index (χ0) is 18.4. The topological polar surface area (TPSA) is 108 Å². The summed E-state index contributed by atoms with van der Waals surface area (Å²) in [6.07, 6.45) is 0. The number of carbonyl (C=O) groups excluding carboxylic acids is 2. The van der Waals surface area contributed by atoms with Crippen molar-refractivity contribution in [3.63, 3.8) is 0 Å². The summed E-state index contributed by atoms with van der Waals surface area (Å²) in [4.78, 5) is 33.6. The van der Waals surface area contributed by atoms with E-state index in [1.54, 1.807) is 24.3 Å². The van der Waals surface area contributed by atoms with E-state index in [0.717, 1.165) is 0 Å². The minimum absolute atomic E-state index is 0.0475. The first-order valence-corrected chi connectivity index (χ1v) is 7.27. The van der Waals surface area contributed by atoms with Gasteiger partial charge in [0, 0.05) is 5.56 Å². The van der Waals surface area contributed by atoms with Gasteiger partial charge >= 0.3 is 0 Å². The van der Waals surface area contributed by atoms with E-state index in [9.17, 15) is 19.7 Å². The first kappa shape index (κ1) is 17.9. The van der Waals surface area contributed by atoms with E-state index in [-0.39, 0.29) is 23.8 Å². The van der Waals surface area contributed by atoms with Crippen LogP contribution in [0.2, 0.25) is 0 Å². The molecule has 0 aliphatic heterocycles. The van der Waals surface area contributed by atoms with Gasteiger partial charge in [0.2, 0.25) is 0 Å². The third-order valence-corrected chi connectivity index (χ3v) is 3.31. The molecule has 2 aromatic rings. The highest BCUT2D eigenvalue weighted by atomic mass is 16.6. The summed E-state index contributed by atoms with van der Waals surface area (Å²) in [7, 11) is 1.39. The van der Waals surface area contributed by atoms with Crippen LogP contribution in [0.4, 0.5) is 11.4 Å². The summed E-state index contributed by atoms with van der Waals surface area (Å²) in [6, 6.07) is 10.4. The molecule has 2 rings (SSSR count). The molecule has 0 radical (unpaired) electrons. The number of ether oxygens (including phenoxy) is 2. The van der Waals surface area contributed by atoms with Crippen molar-refractivity contribution in [1.29, 1.82) is 0 Å². The zero-order valence-electron chi connectivity index (χ0n) is 13.6. The number of Topliss-reactive ketones (excluding diaryl/α,β-unsaturated/α-hetero) is 1. The van der Waals surface area contributed by atoms with Gasteiger partial charge in [0.15, 0.2) is 12.4 Å². The van der Waals surface area contributed by atoms with E-state index in [1.807, 2.05) is 0 Å². The summed E-state index contributed by atoms with van der Waals surface area (Å²) in [5, 5.41) is 13.5. The third kappa shape index (κ3) is 4.77. The highest BCUT2D eigenvalue weighted by Gasteiger charge is 2.17. The van der Waals surface area contributed by atoms with Gasteiger partial charge < -0.3 is 14.8 Å². The number of anilines is 1. The number of nitro groups is 1. The molecule has 0 saturated carbocycles. The second-order valence-electron chi connectivity index (χ2n) is 5.06. The quantitative estimate of drug-likeness (QED) is 0.470. The van der Waals surface area contributed by atoms with Crippen LogP contribution in [0.1, 0.15) is 17.3 Å². The van der Waals surface area contributed by atoms with Crippen LogP contribution >= 0.6 is 0 Å². The highest BCUT2D eigenvalue weighted by Crippen LogP contribution is 2.28. The second-order valence-corrected chi connectivity index (χ2v) is 5.06. The van der Waals surface area contributed by atoms with E-state index in [0.29, 0.717) is 17.1 Å². The number of nitrogens with zero attached hydrogens (tertiary/aromatic N) is 1.